The summed E-state index contributed by atoms with van der Waals surface area (Å²) < 4.78 is 1.93. The van der Waals surface area contributed by atoms with E-state index in [9.17, 15) is 10.1 Å². The second-order valence-electron chi connectivity index (χ2n) is 3.74. The highest BCUT2D eigenvalue weighted by molar-refractivity contribution is 6.17. The van der Waals surface area contributed by atoms with Crippen molar-refractivity contribution in [2.24, 2.45) is 0 Å². The number of benzene rings is 1. The Morgan fingerprint density at radius 3 is 2.94 bits per heavy atom. The standard InChI is InChI=1S/C11H12ClN3O2/c12-6-1-2-7-14-8-13-11-9(14)4-3-5-10(11)15(16)17/h3-5,8H,1-2,6-7H2. The van der Waals surface area contributed by atoms with E-state index in [2.05, 4.69) is 4.98 Å². The van der Waals surface area contributed by atoms with Gasteiger partial charge in [0.2, 0.25) is 0 Å². The van der Waals surface area contributed by atoms with E-state index in [1.807, 2.05) is 10.6 Å². The molecule has 0 saturated heterocycles. The molecule has 2 rings (SSSR count). The molecule has 0 atom stereocenters. The molecular formula is C11H12ClN3O2. The summed E-state index contributed by atoms with van der Waals surface area (Å²) in [5.74, 6) is 0.632. The first-order valence-electron chi connectivity index (χ1n) is 5.38. The molecule has 0 aliphatic rings. The molecule has 17 heavy (non-hydrogen) atoms. The maximum atomic E-state index is 10.8. The van der Waals surface area contributed by atoms with Crippen LogP contribution in [0.25, 0.3) is 11.0 Å². The third-order valence-corrected chi connectivity index (χ3v) is 2.88. The molecule has 1 aromatic heterocycles. The predicted octanol–water partition coefficient (Wildman–Crippen LogP) is 2.96. The number of alkyl halides is 1. The Hall–Kier alpha value is -1.62. The van der Waals surface area contributed by atoms with Gasteiger partial charge < -0.3 is 4.57 Å². The summed E-state index contributed by atoms with van der Waals surface area (Å²) in [5.41, 5.74) is 1.30. The number of hydrogen-bond acceptors (Lipinski definition) is 3. The molecule has 0 spiro atoms. The normalized spacial score (nSPS) is 10.9. The molecule has 1 heterocycles. The number of nitrogens with zero attached hydrogens (tertiary/aromatic N) is 3. The maximum Gasteiger partial charge on any atom is 0.297 e. The van der Waals surface area contributed by atoms with Crippen molar-refractivity contribution in [2.45, 2.75) is 19.4 Å². The van der Waals surface area contributed by atoms with Crippen molar-refractivity contribution in [3.05, 3.63) is 34.6 Å². The molecule has 0 N–H and O–H groups in total. The molecule has 90 valence electrons. The van der Waals surface area contributed by atoms with E-state index in [1.165, 1.54) is 6.07 Å². The minimum absolute atomic E-state index is 0.0543. The van der Waals surface area contributed by atoms with Crippen LogP contribution in [0.3, 0.4) is 0 Å². The van der Waals surface area contributed by atoms with Crippen molar-refractivity contribution in [3.8, 4) is 0 Å². The summed E-state index contributed by atoms with van der Waals surface area (Å²) in [7, 11) is 0. The number of fused-ring (bicyclic) bond motifs is 1. The quantitative estimate of drug-likeness (QED) is 0.356. The zero-order chi connectivity index (χ0) is 12.3. The van der Waals surface area contributed by atoms with Gasteiger partial charge in [-0.3, -0.25) is 10.1 Å². The van der Waals surface area contributed by atoms with Crippen LogP contribution in [0.2, 0.25) is 0 Å². The SMILES string of the molecule is O=[N+]([O-])c1cccc2c1ncn2CCCCCl. The smallest absolute Gasteiger partial charge is 0.297 e. The summed E-state index contributed by atoms with van der Waals surface area (Å²) in [6.45, 7) is 0.782. The minimum Gasteiger partial charge on any atom is -0.330 e. The third kappa shape index (κ3) is 2.39. The number of unbranched alkanes of at least 4 members (excludes halogenated alkanes) is 1. The summed E-state index contributed by atoms with van der Waals surface area (Å²) in [6.07, 6.45) is 3.51. The average Bonchev–Trinajstić information content (AvgIpc) is 2.72. The van der Waals surface area contributed by atoms with E-state index in [4.69, 9.17) is 11.6 Å². The molecule has 0 aliphatic heterocycles. The van der Waals surface area contributed by atoms with Gasteiger partial charge in [0.05, 0.1) is 16.8 Å². The third-order valence-electron chi connectivity index (χ3n) is 2.61. The zero-order valence-corrected chi connectivity index (χ0v) is 9.93. The van der Waals surface area contributed by atoms with Gasteiger partial charge in [0.15, 0.2) is 5.52 Å². The zero-order valence-electron chi connectivity index (χ0n) is 9.17. The van der Waals surface area contributed by atoms with Crippen molar-refractivity contribution < 1.29 is 4.92 Å². The van der Waals surface area contributed by atoms with Gasteiger partial charge in [-0.05, 0) is 18.9 Å². The number of nitro benzene ring substituents is 1. The Morgan fingerprint density at radius 2 is 2.24 bits per heavy atom. The fraction of sp³-hybridized carbons (Fsp3) is 0.364. The van der Waals surface area contributed by atoms with Crippen molar-refractivity contribution in [2.75, 3.05) is 5.88 Å². The average molecular weight is 254 g/mol. The molecule has 0 saturated carbocycles. The summed E-state index contributed by atoms with van der Waals surface area (Å²) in [5, 5.41) is 10.8. The lowest BCUT2D eigenvalue weighted by Gasteiger charge is -2.02. The maximum absolute atomic E-state index is 10.8. The summed E-state index contributed by atoms with van der Waals surface area (Å²) in [6, 6.07) is 4.99. The van der Waals surface area contributed by atoms with Gasteiger partial charge in [0.1, 0.15) is 0 Å². The van der Waals surface area contributed by atoms with Crippen LogP contribution in [0.5, 0.6) is 0 Å². The van der Waals surface area contributed by atoms with Gasteiger partial charge in [0, 0.05) is 18.5 Å². The Kier molecular flexibility index (Phi) is 3.58. The van der Waals surface area contributed by atoms with Crippen LogP contribution in [0.1, 0.15) is 12.8 Å². The number of nitro groups is 1. The first-order chi connectivity index (χ1) is 8.24. The number of aromatic nitrogens is 2. The van der Waals surface area contributed by atoms with E-state index in [1.54, 1.807) is 12.4 Å². The molecule has 6 heteroatoms. The summed E-state index contributed by atoms with van der Waals surface area (Å²) in [4.78, 5) is 14.5. The van der Waals surface area contributed by atoms with Crippen molar-refractivity contribution in [1.82, 2.24) is 9.55 Å². The van der Waals surface area contributed by atoms with Crippen LogP contribution < -0.4 is 0 Å². The van der Waals surface area contributed by atoms with E-state index in [-0.39, 0.29) is 5.69 Å². The molecule has 1 aromatic carbocycles. The van der Waals surface area contributed by atoms with Gasteiger partial charge in [-0.15, -0.1) is 11.6 Å². The second-order valence-corrected chi connectivity index (χ2v) is 4.11. The lowest BCUT2D eigenvalue weighted by molar-refractivity contribution is -0.383. The first kappa shape index (κ1) is 11.9. The van der Waals surface area contributed by atoms with Crippen LogP contribution in [-0.2, 0) is 6.54 Å². The minimum atomic E-state index is -0.404. The van der Waals surface area contributed by atoms with Gasteiger partial charge in [-0.2, -0.15) is 0 Å². The second kappa shape index (κ2) is 5.14. The Bertz CT molecular complexity index is 538. The number of halogens is 1. The monoisotopic (exact) mass is 253 g/mol. The topological polar surface area (TPSA) is 61.0 Å². The summed E-state index contributed by atoms with van der Waals surface area (Å²) >= 11 is 5.61. The molecule has 0 aliphatic carbocycles. The molecule has 0 radical (unpaired) electrons. The van der Waals surface area contributed by atoms with Crippen LogP contribution in [0.15, 0.2) is 24.5 Å². The highest BCUT2D eigenvalue weighted by atomic mass is 35.5. The number of para-hydroxylation sites is 1. The van der Waals surface area contributed by atoms with Gasteiger partial charge in [-0.1, -0.05) is 6.07 Å². The lowest BCUT2D eigenvalue weighted by Crippen LogP contribution is -1.96. The molecule has 2 aromatic rings. The van der Waals surface area contributed by atoms with E-state index >= 15 is 0 Å². The Labute approximate surface area is 103 Å². The molecular weight excluding hydrogens is 242 g/mol. The fourth-order valence-electron chi connectivity index (χ4n) is 1.78. The predicted molar refractivity (Wildman–Crippen MR) is 66.3 cm³/mol. The number of rotatable bonds is 5. The molecule has 0 fully saturated rings. The highest BCUT2D eigenvalue weighted by Crippen LogP contribution is 2.23. The molecule has 5 nitrogen and oxygen atoms in total. The fourth-order valence-corrected chi connectivity index (χ4v) is 1.96. The van der Waals surface area contributed by atoms with Gasteiger partial charge >= 0.3 is 0 Å². The Balaban J connectivity index is 2.34. The Morgan fingerprint density at radius 1 is 1.41 bits per heavy atom. The van der Waals surface area contributed by atoms with Crippen LogP contribution in [-0.4, -0.2) is 20.4 Å². The van der Waals surface area contributed by atoms with Crippen LogP contribution in [0, 0.1) is 10.1 Å². The van der Waals surface area contributed by atoms with Crippen molar-refractivity contribution >= 4 is 28.3 Å². The number of aryl methyl sites for hydroxylation is 1. The van der Waals surface area contributed by atoms with Gasteiger partial charge in [0.25, 0.3) is 5.69 Å². The number of imidazole rings is 1. The first-order valence-corrected chi connectivity index (χ1v) is 5.91. The van der Waals surface area contributed by atoms with E-state index < -0.39 is 4.92 Å². The molecule has 0 bridgehead atoms. The molecule has 0 unspecified atom stereocenters. The molecule has 0 amide bonds. The van der Waals surface area contributed by atoms with Crippen LogP contribution >= 0.6 is 11.6 Å². The highest BCUT2D eigenvalue weighted by Gasteiger charge is 2.14. The number of hydrogen-bond donors (Lipinski definition) is 0. The van der Waals surface area contributed by atoms with Crippen molar-refractivity contribution in [3.63, 3.8) is 0 Å². The van der Waals surface area contributed by atoms with Crippen LogP contribution in [0.4, 0.5) is 5.69 Å². The van der Waals surface area contributed by atoms with Gasteiger partial charge in [-0.25, -0.2) is 4.98 Å². The van der Waals surface area contributed by atoms with E-state index in [0.717, 1.165) is 24.9 Å². The van der Waals surface area contributed by atoms with E-state index in [0.29, 0.717) is 11.4 Å². The largest absolute Gasteiger partial charge is 0.330 e. The van der Waals surface area contributed by atoms with Crippen molar-refractivity contribution in [1.29, 1.82) is 0 Å². The number of non-ortho nitro benzene ring substituents is 1. The lowest BCUT2D eigenvalue weighted by atomic mass is 10.2.